The number of nitrogens with one attached hydrogen (secondary N) is 2. The van der Waals surface area contributed by atoms with Crippen LogP contribution in [0.15, 0.2) is 73.1 Å². The summed E-state index contributed by atoms with van der Waals surface area (Å²) in [6, 6.07) is 19.6. The monoisotopic (exact) mass is 487 g/mol. The summed E-state index contributed by atoms with van der Waals surface area (Å²) in [6.45, 7) is 1.29. The van der Waals surface area contributed by atoms with Crippen LogP contribution in [-0.2, 0) is 4.79 Å². The molecule has 3 N–H and O–H groups in total. The van der Waals surface area contributed by atoms with Crippen molar-refractivity contribution in [1.29, 1.82) is 0 Å². The normalized spacial score (nSPS) is 15.3. The average molecular weight is 488 g/mol. The van der Waals surface area contributed by atoms with E-state index in [1.54, 1.807) is 24.5 Å². The van der Waals surface area contributed by atoms with Crippen LogP contribution in [0.2, 0.25) is 0 Å². The minimum absolute atomic E-state index is 0.306. The number of carboxylic acids is 1. The van der Waals surface area contributed by atoms with Crippen LogP contribution >= 0.6 is 11.8 Å². The number of rotatable bonds is 6. The molecule has 8 nitrogen and oxygen atoms in total. The van der Waals surface area contributed by atoms with E-state index < -0.39 is 5.97 Å². The number of fused-ring (bicyclic) bond motifs is 1. The first kappa shape index (κ1) is 22.8. The Kier molecular flexibility index (Phi) is 6.31. The molecule has 2 aromatic heterocycles. The number of amides is 1. The van der Waals surface area contributed by atoms with E-state index in [0.29, 0.717) is 35.1 Å². The summed E-state index contributed by atoms with van der Waals surface area (Å²) in [5.74, 6) is -1.42. The molecule has 1 aliphatic heterocycles. The average Bonchev–Trinajstić information content (AvgIpc) is 3.39. The van der Waals surface area contributed by atoms with E-state index in [1.807, 2.05) is 48.5 Å². The van der Waals surface area contributed by atoms with Gasteiger partial charge in [0.2, 0.25) is 0 Å². The number of carbonyl (C=O) groups excluding carboxylic acids is 1. The molecule has 1 fully saturated rings. The Morgan fingerprint density at radius 1 is 1.00 bits per heavy atom. The number of carboxylic acid groups (broad SMARTS) is 1. The van der Waals surface area contributed by atoms with Crippen molar-refractivity contribution < 1.29 is 14.7 Å². The van der Waals surface area contributed by atoms with E-state index in [4.69, 9.17) is 16.8 Å². The quantitative estimate of drug-likeness (QED) is 0.275. The lowest BCUT2D eigenvalue weighted by molar-refractivity contribution is -0.140. The Bertz CT molecular complexity index is 1390. The van der Waals surface area contributed by atoms with E-state index in [1.165, 1.54) is 0 Å². The van der Waals surface area contributed by atoms with Crippen molar-refractivity contribution in [2.75, 3.05) is 18.0 Å². The number of aliphatic carboxylic acids is 1. The lowest BCUT2D eigenvalue weighted by atomic mass is 10.0. The molecule has 176 valence electrons. The van der Waals surface area contributed by atoms with Gasteiger partial charge in [0.05, 0.1) is 22.7 Å². The third-order valence-electron chi connectivity index (χ3n) is 6.30. The molecule has 1 amide bonds. The van der Waals surface area contributed by atoms with Crippen molar-refractivity contribution in [3.8, 4) is 22.4 Å². The number of pyridine rings is 2. The zero-order chi connectivity index (χ0) is 24.4. The number of halogens is 1. The number of aromatic nitrogens is 2. The molecule has 1 atom stereocenters. The fourth-order valence-corrected chi connectivity index (χ4v) is 4.49. The fraction of sp³-hybridized carbons (Fsp3) is 0.154. The number of hydrogen-bond acceptors (Lipinski definition) is 6. The number of benzene rings is 2. The van der Waals surface area contributed by atoms with Gasteiger partial charge in [-0.3, -0.25) is 20.0 Å². The second kappa shape index (κ2) is 9.69. The maximum absolute atomic E-state index is 12.5. The highest BCUT2D eigenvalue weighted by Gasteiger charge is 2.28. The summed E-state index contributed by atoms with van der Waals surface area (Å²) in [7, 11) is 0. The van der Waals surface area contributed by atoms with Crippen molar-refractivity contribution in [3.63, 3.8) is 0 Å². The third-order valence-corrected chi connectivity index (χ3v) is 6.39. The molecule has 4 aromatic rings. The number of nitrogens with zero attached hydrogens (tertiary/aromatic N) is 3. The highest BCUT2D eigenvalue weighted by Crippen LogP contribution is 2.30. The summed E-state index contributed by atoms with van der Waals surface area (Å²) in [4.78, 5) is 36.8. The minimum atomic E-state index is -0.731. The molecule has 0 saturated carbocycles. The van der Waals surface area contributed by atoms with Gasteiger partial charge in [0.15, 0.2) is 0 Å². The van der Waals surface area contributed by atoms with Crippen LogP contribution in [0.4, 0.5) is 5.69 Å². The number of anilines is 1. The van der Waals surface area contributed by atoms with Crippen LogP contribution in [0.1, 0.15) is 16.8 Å². The molecule has 2 aromatic carbocycles. The fourth-order valence-electron chi connectivity index (χ4n) is 4.41. The maximum atomic E-state index is 12.5. The van der Waals surface area contributed by atoms with Crippen molar-refractivity contribution >= 4 is 40.2 Å². The second-order valence-corrected chi connectivity index (χ2v) is 8.58. The first-order valence-electron chi connectivity index (χ1n) is 11.1. The van der Waals surface area contributed by atoms with Crippen molar-refractivity contribution in [2.24, 2.45) is 5.92 Å². The highest BCUT2D eigenvalue weighted by atomic mass is 35.5. The van der Waals surface area contributed by atoms with Gasteiger partial charge in [-0.1, -0.05) is 36.4 Å². The number of hydrogen-bond donors (Lipinski definition) is 3. The molecular formula is C26H22ClN5O3. The molecule has 5 rings (SSSR count). The molecule has 35 heavy (non-hydrogen) atoms. The van der Waals surface area contributed by atoms with Crippen LogP contribution in [-0.4, -0.2) is 40.0 Å². The molecule has 9 heteroatoms. The van der Waals surface area contributed by atoms with Gasteiger partial charge in [0.25, 0.3) is 5.91 Å². The van der Waals surface area contributed by atoms with Crippen molar-refractivity contribution in [3.05, 3.63) is 78.6 Å². The zero-order valence-corrected chi connectivity index (χ0v) is 19.4. The van der Waals surface area contributed by atoms with Gasteiger partial charge in [-0.2, -0.15) is 0 Å². The number of hydrazine groups is 1. The van der Waals surface area contributed by atoms with E-state index >= 15 is 0 Å². The molecule has 0 radical (unpaired) electrons. The predicted octanol–water partition coefficient (Wildman–Crippen LogP) is 4.26. The summed E-state index contributed by atoms with van der Waals surface area (Å²) >= 11 is 5.46. The molecule has 1 unspecified atom stereocenters. The van der Waals surface area contributed by atoms with Crippen molar-refractivity contribution in [2.45, 2.75) is 6.42 Å². The van der Waals surface area contributed by atoms with Gasteiger partial charge in [-0.15, -0.1) is 4.94 Å². The Morgan fingerprint density at radius 2 is 1.69 bits per heavy atom. The summed E-state index contributed by atoms with van der Waals surface area (Å²) in [5, 5.41) is 9.86. The van der Waals surface area contributed by atoms with Crippen molar-refractivity contribution in [1.82, 2.24) is 20.3 Å². The molecule has 0 bridgehead atoms. The third kappa shape index (κ3) is 4.66. The smallest absolute Gasteiger partial charge is 0.308 e. The van der Waals surface area contributed by atoms with Crippen LogP contribution in [0.5, 0.6) is 0 Å². The molecule has 0 spiro atoms. The Labute approximate surface area is 206 Å². The first-order valence-corrected chi connectivity index (χ1v) is 11.5. The van der Waals surface area contributed by atoms with E-state index in [0.717, 1.165) is 28.9 Å². The van der Waals surface area contributed by atoms with Gasteiger partial charge in [-0.05, 0) is 53.6 Å². The second-order valence-electron chi connectivity index (χ2n) is 8.39. The van der Waals surface area contributed by atoms with Crippen LogP contribution in [0, 0.1) is 5.92 Å². The van der Waals surface area contributed by atoms with E-state index in [9.17, 15) is 14.7 Å². The minimum Gasteiger partial charge on any atom is -0.481 e. The van der Waals surface area contributed by atoms with Gasteiger partial charge >= 0.3 is 5.97 Å². The first-order chi connectivity index (χ1) is 17.0. The largest absolute Gasteiger partial charge is 0.481 e. The zero-order valence-electron chi connectivity index (χ0n) is 18.6. The predicted molar refractivity (Wildman–Crippen MR) is 135 cm³/mol. The van der Waals surface area contributed by atoms with Gasteiger partial charge in [-0.25, -0.2) is 4.98 Å². The molecular weight excluding hydrogens is 466 g/mol. The lowest BCUT2D eigenvalue weighted by Gasteiger charge is -2.18. The SMILES string of the molecule is O=C(NNCl)c1cc(-c2ccc(-c3ccc(N4CCC(C(=O)O)C4)cc3)cc2)nc2ccncc12. The highest BCUT2D eigenvalue weighted by molar-refractivity contribution is 6.15. The van der Waals surface area contributed by atoms with E-state index in [2.05, 4.69) is 20.3 Å². The number of carbonyl (C=O) groups is 2. The molecule has 1 aliphatic rings. The summed E-state index contributed by atoms with van der Waals surface area (Å²) in [5.41, 5.74) is 8.11. The Morgan fingerprint density at radius 3 is 2.34 bits per heavy atom. The topological polar surface area (TPSA) is 107 Å². The summed E-state index contributed by atoms with van der Waals surface area (Å²) < 4.78 is 0. The van der Waals surface area contributed by atoms with Gasteiger partial charge in [0, 0.05) is 42.1 Å². The van der Waals surface area contributed by atoms with Crippen LogP contribution in [0.3, 0.4) is 0 Å². The molecule has 3 heterocycles. The summed E-state index contributed by atoms with van der Waals surface area (Å²) in [6.07, 6.45) is 3.91. The standard InChI is InChI=1S/C26H22ClN5O3/c27-31-30-25(33)21-13-24(29-23-9-11-28-14-22(21)23)18-3-1-16(2-4-18)17-5-7-20(8-6-17)32-12-10-19(15-32)26(34)35/h1-9,11,13-14,19,31H,10,12,15H2,(H,30,33)(H,34,35). The molecule has 1 saturated heterocycles. The maximum Gasteiger partial charge on any atom is 0.308 e. The molecule has 0 aliphatic carbocycles. The van der Waals surface area contributed by atoms with Gasteiger partial charge in [0.1, 0.15) is 0 Å². The Hall–Kier alpha value is -4.01. The van der Waals surface area contributed by atoms with E-state index in [-0.39, 0.29) is 11.8 Å². The van der Waals surface area contributed by atoms with Crippen LogP contribution in [0.25, 0.3) is 33.3 Å². The van der Waals surface area contributed by atoms with Gasteiger partial charge < -0.3 is 10.0 Å². The van der Waals surface area contributed by atoms with Crippen LogP contribution < -0.4 is 15.3 Å². The lowest BCUT2D eigenvalue weighted by Crippen LogP contribution is -2.30. The Balaban J connectivity index is 1.39.